The van der Waals surface area contributed by atoms with Gasteiger partial charge in [-0.1, -0.05) is 23.2 Å². The lowest BCUT2D eigenvalue weighted by atomic mass is 9.99. The summed E-state index contributed by atoms with van der Waals surface area (Å²) in [6.07, 6.45) is 1.44. The number of carbonyl (C=O) groups excluding carboxylic acids is 2. The van der Waals surface area contributed by atoms with Gasteiger partial charge in [0.25, 0.3) is 5.91 Å². The summed E-state index contributed by atoms with van der Waals surface area (Å²) in [4.78, 5) is 29.8. The van der Waals surface area contributed by atoms with Crippen LogP contribution in [-0.2, 0) is 16.9 Å². The van der Waals surface area contributed by atoms with E-state index in [1.165, 1.54) is 12.3 Å². The first-order chi connectivity index (χ1) is 10.4. The summed E-state index contributed by atoms with van der Waals surface area (Å²) in [5.74, 6) is -0.0798. The summed E-state index contributed by atoms with van der Waals surface area (Å²) in [5.41, 5.74) is -0.896. The van der Waals surface area contributed by atoms with Crippen LogP contribution >= 0.6 is 23.2 Å². The zero-order valence-corrected chi connectivity index (χ0v) is 13.0. The molecule has 1 aliphatic heterocycles. The van der Waals surface area contributed by atoms with Crippen LogP contribution in [0.15, 0.2) is 34.9 Å². The number of pyridine rings is 1. The summed E-state index contributed by atoms with van der Waals surface area (Å²) in [6, 6.07) is 5.84. The Bertz CT molecular complexity index is 748. The fourth-order valence-corrected chi connectivity index (χ4v) is 2.62. The van der Waals surface area contributed by atoms with Gasteiger partial charge in [0.15, 0.2) is 5.54 Å². The van der Waals surface area contributed by atoms with Crippen molar-refractivity contribution >= 4 is 35.1 Å². The van der Waals surface area contributed by atoms with E-state index in [9.17, 15) is 9.59 Å². The molecule has 2 aromatic heterocycles. The smallest absolute Gasteiger partial charge is 0.325 e. The number of nitrogens with one attached hydrogen (secondary N) is 1. The van der Waals surface area contributed by atoms with Gasteiger partial charge in [-0.25, -0.2) is 9.78 Å². The molecule has 3 rings (SSSR count). The maximum atomic E-state index is 12.6. The fraction of sp³-hybridized carbons (Fsp3) is 0.214. The Balaban J connectivity index is 1.91. The molecule has 114 valence electrons. The van der Waals surface area contributed by atoms with E-state index in [1.54, 1.807) is 25.1 Å². The number of halogens is 2. The molecule has 0 aromatic carbocycles. The molecule has 0 aliphatic carbocycles. The molecule has 0 spiro atoms. The largest absolute Gasteiger partial charge is 0.466 e. The molecule has 22 heavy (non-hydrogen) atoms. The van der Waals surface area contributed by atoms with Crippen LogP contribution in [0.5, 0.6) is 0 Å². The Morgan fingerprint density at radius 3 is 2.77 bits per heavy atom. The maximum Gasteiger partial charge on any atom is 0.325 e. The van der Waals surface area contributed by atoms with Gasteiger partial charge in [0.05, 0.1) is 23.5 Å². The molecular weight excluding hydrogens is 329 g/mol. The van der Waals surface area contributed by atoms with Crippen molar-refractivity contribution in [2.45, 2.75) is 19.0 Å². The Morgan fingerprint density at radius 2 is 2.09 bits per heavy atom. The third kappa shape index (κ3) is 2.34. The highest BCUT2D eigenvalue weighted by Gasteiger charge is 2.51. The van der Waals surface area contributed by atoms with Crippen LogP contribution in [0.3, 0.4) is 0 Å². The minimum absolute atomic E-state index is 0.0691. The number of urea groups is 1. The molecule has 1 aliphatic rings. The number of carbonyl (C=O) groups is 2. The van der Waals surface area contributed by atoms with Crippen molar-refractivity contribution in [3.63, 3.8) is 0 Å². The van der Waals surface area contributed by atoms with Crippen LogP contribution in [-0.4, -0.2) is 21.8 Å². The van der Waals surface area contributed by atoms with Crippen molar-refractivity contribution in [3.8, 4) is 0 Å². The Hall–Kier alpha value is -2.05. The average molecular weight is 340 g/mol. The number of nitrogens with zero attached hydrogens (tertiary/aromatic N) is 2. The van der Waals surface area contributed by atoms with Crippen LogP contribution in [0.25, 0.3) is 0 Å². The highest BCUT2D eigenvalue weighted by atomic mass is 35.5. The van der Waals surface area contributed by atoms with E-state index in [1.807, 2.05) is 0 Å². The molecular formula is C14H11Cl2N3O3. The number of hydrogen-bond acceptors (Lipinski definition) is 4. The SMILES string of the molecule is C[C@]1(c2ccco2)NC(=O)N(Cc2nc(Cl)ccc2Cl)C1=O. The summed E-state index contributed by atoms with van der Waals surface area (Å²) < 4.78 is 5.26. The van der Waals surface area contributed by atoms with E-state index in [2.05, 4.69) is 10.3 Å². The normalized spacial score (nSPS) is 21.3. The minimum Gasteiger partial charge on any atom is -0.466 e. The molecule has 8 heteroatoms. The van der Waals surface area contributed by atoms with E-state index < -0.39 is 17.5 Å². The number of furan rings is 1. The number of aromatic nitrogens is 1. The number of hydrogen-bond donors (Lipinski definition) is 1. The van der Waals surface area contributed by atoms with Gasteiger partial charge in [-0.2, -0.15) is 0 Å². The van der Waals surface area contributed by atoms with Crippen molar-refractivity contribution in [2.75, 3.05) is 0 Å². The molecule has 0 unspecified atom stereocenters. The Kier molecular flexibility index (Phi) is 3.58. The van der Waals surface area contributed by atoms with E-state index in [0.717, 1.165) is 4.90 Å². The molecule has 6 nitrogen and oxygen atoms in total. The Morgan fingerprint density at radius 1 is 1.32 bits per heavy atom. The topological polar surface area (TPSA) is 75.4 Å². The molecule has 0 radical (unpaired) electrons. The summed E-state index contributed by atoms with van der Waals surface area (Å²) in [6.45, 7) is 1.51. The molecule has 0 bridgehead atoms. The van der Waals surface area contributed by atoms with Crippen molar-refractivity contribution in [1.82, 2.24) is 15.2 Å². The molecule has 3 heterocycles. The Labute approximate surface area is 136 Å². The summed E-state index contributed by atoms with van der Waals surface area (Å²) in [7, 11) is 0. The molecule has 0 saturated carbocycles. The lowest BCUT2D eigenvalue weighted by Gasteiger charge is -2.19. The lowest BCUT2D eigenvalue weighted by molar-refractivity contribution is -0.132. The van der Waals surface area contributed by atoms with Crippen LogP contribution < -0.4 is 5.32 Å². The van der Waals surface area contributed by atoms with Crippen molar-refractivity contribution in [1.29, 1.82) is 0 Å². The second-order valence-corrected chi connectivity index (χ2v) is 5.78. The van der Waals surface area contributed by atoms with E-state index in [0.29, 0.717) is 16.5 Å². The highest BCUT2D eigenvalue weighted by molar-refractivity contribution is 6.32. The molecule has 1 saturated heterocycles. The van der Waals surface area contributed by atoms with Gasteiger partial charge in [-0.05, 0) is 31.2 Å². The first kappa shape index (κ1) is 14.9. The number of rotatable bonds is 3. The van der Waals surface area contributed by atoms with Gasteiger partial charge in [0.1, 0.15) is 10.9 Å². The molecule has 3 amide bonds. The van der Waals surface area contributed by atoms with Gasteiger partial charge in [0.2, 0.25) is 0 Å². The van der Waals surface area contributed by atoms with Gasteiger partial charge in [-0.3, -0.25) is 9.69 Å². The van der Waals surface area contributed by atoms with Crippen molar-refractivity contribution in [3.05, 3.63) is 52.2 Å². The second kappa shape index (κ2) is 5.30. The van der Waals surface area contributed by atoms with E-state index >= 15 is 0 Å². The highest BCUT2D eigenvalue weighted by Crippen LogP contribution is 2.30. The van der Waals surface area contributed by atoms with E-state index in [-0.39, 0.29) is 11.7 Å². The van der Waals surface area contributed by atoms with Gasteiger partial charge < -0.3 is 9.73 Å². The fourth-order valence-electron chi connectivity index (χ4n) is 2.29. The predicted octanol–water partition coefficient (Wildman–Crippen LogP) is 2.95. The number of imide groups is 1. The van der Waals surface area contributed by atoms with Crippen molar-refractivity contribution < 1.29 is 14.0 Å². The monoisotopic (exact) mass is 339 g/mol. The second-order valence-electron chi connectivity index (χ2n) is 4.99. The standard InChI is InChI=1S/C14H11Cl2N3O3/c1-14(10-3-2-6-22-10)12(20)19(13(21)18-14)7-9-8(15)4-5-11(16)17-9/h2-6H,7H2,1H3,(H,18,21)/t14-/m1/s1. The lowest BCUT2D eigenvalue weighted by Crippen LogP contribution is -2.40. The van der Waals surface area contributed by atoms with Crippen LogP contribution in [0.2, 0.25) is 10.2 Å². The van der Waals surface area contributed by atoms with Crippen LogP contribution in [0, 0.1) is 0 Å². The maximum absolute atomic E-state index is 12.6. The third-order valence-corrected chi connectivity index (χ3v) is 4.04. The predicted molar refractivity (Wildman–Crippen MR) is 79.4 cm³/mol. The summed E-state index contributed by atoms with van der Waals surface area (Å²) in [5, 5.41) is 3.19. The zero-order valence-electron chi connectivity index (χ0n) is 11.5. The molecule has 2 aromatic rings. The van der Waals surface area contributed by atoms with Gasteiger partial charge in [0, 0.05) is 0 Å². The van der Waals surface area contributed by atoms with Crippen LogP contribution in [0.4, 0.5) is 4.79 Å². The summed E-state index contributed by atoms with van der Waals surface area (Å²) >= 11 is 11.9. The third-order valence-electron chi connectivity index (χ3n) is 3.48. The van der Waals surface area contributed by atoms with Gasteiger partial charge >= 0.3 is 6.03 Å². The zero-order chi connectivity index (χ0) is 15.9. The van der Waals surface area contributed by atoms with Gasteiger partial charge in [-0.15, -0.1) is 0 Å². The minimum atomic E-state index is -1.24. The van der Waals surface area contributed by atoms with E-state index in [4.69, 9.17) is 27.6 Å². The van der Waals surface area contributed by atoms with Crippen LogP contribution in [0.1, 0.15) is 18.4 Å². The van der Waals surface area contributed by atoms with Crippen molar-refractivity contribution in [2.24, 2.45) is 0 Å². The quantitative estimate of drug-likeness (QED) is 0.689. The first-order valence-electron chi connectivity index (χ1n) is 6.41. The first-order valence-corrected chi connectivity index (χ1v) is 7.16. The molecule has 1 N–H and O–H groups in total. The molecule has 1 atom stereocenters. The average Bonchev–Trinajstić information content (AvgIpc) is 3.07. The number of amides is 3. The molecule has 1 fully saturated rings.